The zero-order chi connectivity index (χ0) is 12.3. The van der Waals surface area contributed by atoms with Crippen LogP contribution in [-0.2, 0) is 11.3 Å². The van der Waals surface area contributed by atoms with Gasteiger partial charge in [-0.15, -0.1) is 0 Å². The van der Waals surface area contributed by atoms with Gasteiger partial charge in [-0.3, -0.25) is 9.69 Å². The molecule has 1 amide bonds. The summed E-state index contributed by atoms with van der Waals surface area (Å²) in [5.41, 5.74) is 6.28. The highest BCUT2D eigenvalue weighted by Gasteiger charge is 2.20. The Hall–Kier alpha value is -1.40. The average Bonchev–Trinajstić information content (AvgIpc) is 2.75. The molecule has 17 heavy (non-hydrogen) atoms. The number of piperazine rings is 1. The zero-order valence-corrected chi connectivity index (χ0v) is 10.1. The zero-order valence-electron chi connectivity index (χ0n) is 10.1. The molecule has 0 spiro atoms. The van der Waals surface area contributed by atoms with E-state index in [1.165, 1.54) is 0 Å². The van der Waals surface area contributed by atoms with Crippen LogP contribution in [0.4, 0.5) is 0 Å². The molecule has 0 atom stereocenters. The largest absolute Gasteiger partial charge is 0.361 e. The van der Waals surface area contributed by atoms with Gasteiger partial charge in [-0.05, 0) is 6.92 Å². The summed E-state index contributed by atoms with van der Waals surface area (Å²) in [6.07, 6.45) is 0. The van der Waals surface area contributed by atoms with E-state index in [4.69, 9.17) is 10.3 Å². The first-order chi connectivity index (χ1) is 8.19. The number of aryl methyl sites for hydroxylation is 1. The third-order valence-electron chi connectivity index (χ3n) is 2.96. The Labute approximate surface area is 100 Å². The SMILES string of the molecule is Cc1cc(CN2CCN(C(=O)CN)CC2)no1. The molecule has 0 saturated carbocycles. The van der Waals surface area contributed by atoms with Crippen molar-refractivity contribution in [3.63, 3.8) is 0 Å². The van der Waals surface area contributed by atoms with Crippen molar-refractivity contribution >= 4 is 5.91 Å². The quantitative estimate of drug-likeness (QED) is 0.774. The molecule has 1 aliphatic heterocycles. The molecule has 0 bridgehead atoms. The molecular formula is C11H18N4O2. The van der Waals surface area contributed by atoms with Crippen LogP contribution in [0.15, 0.2) is 10.6 Å². The van der Waals surface area contributed by atoms with E-state index >= 15 is 0 Å². The molecule has 2 N–H and O–H groups in total. The normalized spacial score (nSPS) is 17.4. The van der Waals surface area contributed by atoms with Crippen molar-refractivity contribution in [3.05, 3.63) is 17.5 Å². The Bertz CT molecular complexity index is 383. The standard InChI is InChI=1S/C11H18N4O2/c1-9-6-10(13-17-9)8-14-2-4-15(5-3-14)11(16)7-12/h6H,2-5,7-8,12H2,1H3. The maximum absolute atomic E-state index is 11.4. The lowest BCUT2D eigenvalue weighted by Crippen LogP contribution is -2.49. The Kier molecular flexibility index (Phi) is 3.75. The van der Waals surface area contributed by atoms with E-state index in [0.717, 1.165) is 44.2 Å². The van der Waals surface area contributed by atoms with Gasteiger partial charge in [-0.25, -0.2) is 0 Å². The highest BCUT2D eigenvalue weighted by molar-refractivity contribution is 5.78. The minimum absolute atomic E-state index is 0.0296. The van der Waals surface area contributed by atoms with Crippen LogP contribution in [0, 0.1) is 6.92 Å². The third kappa shape index (κ3) is 3.04. The maximum atomic E-state index is 11.4. The van der Waals surface area contributed by atoms with E-state index in [1.54, 1.807) is 0 Å². The Balaban J connectivity index is 1.81. The lowest BCUT2D eigenvalue weighted by atomic mass is 10.2. The van der Waals surface area contributed by atoms with Gasteiger partial charge in [0.15, 0.2) is 0 Å². The van der Waals surface area contributed by atoms with Crippen LogP contribution in [0.3, 0.4) is 0 Å². The number of hydrogen-bond donors (Lipinski definition) is 1. The van der Waals surface area contributed by atoms with E-state index in [2.05, 4.69) is 10.1 Å². The predicted octanol–water partition coefficient (Wildman–Crippen LogP) is -0.414. The fourth-order valence-corrected chi connectivity index (χ4v) is 2.01. The predicted molar refractivity (Wildman–Crippen MR) is 62.2 cm³/mol. The van der Waals surface area contributed by atoms with E-state index in [9.17, 15) is 4.79 Å². The van der Waals surface area contributed by atoms with E-state index in [-0.39, 0.29) is 12.5 Å². The van der Waals surface area contributed by atoms with Gasteiger partial charge < -0.3 is 15.2 Å². The highest BCUT2D eigenvalue weighted by Crippen LogP contribution is 2.08. The molecule has 1 aromatic heterocycles. The Morgan fingerprint density at radius 3 is 2.71 bits per heavy atom. The maximum Gasteiger partial charge on any atom is 0.236 e. The van der Waals surface area contributed by atoms with Gasteiger partial charge in [-0.2, -0.15) is 0 Å². The molecule has 1 aromatic rings. The lowest BCUT2D eigenvalue weighted by Gasteiger charge is -2.34. The minimum atomic E-state index is 0.0296. The minimum Gasteiger partial charge on any atom is -0.361 e. The first-order valence-electron chi connectivity index (χ1n) is 5.81. The first-order valence-corrected chi connectivity index (χ1v) is 5.81. The van der Waals surface area contributed by atoms with Crippen molar-refractivity contribution in [2.75, 3.05) is 32.7 Å². The fourth-order valence-electron chi connectivity index (χ4n) is 2.01. The molecule has 0 unspecified atom stereocenters. The lowest BCUT2D eigenvalue weighted by molar-refractivity contribution is -0.131. The van der Waals surface area contributed by atoms with E-state index in [0.29, 0.717) is 0 Å². The molecular weight excluding hydrogens is 220 g/mol. The first kappa shape index (κ1) is 12.1. The molecule has 1 aliphatic rings. The summed E-state index contributed by atoms with van der Waals surface area (Å²) in [5.74, 6) is 0.860. The van der Waals surface area contributed by atoms with Crippen LogP contribution in [0.25, 0.3) is 0 Å². The molecule has 2 heterocycles. The van der Waals surface area contributed by atoms with Crippen molar-refractivity contribution in [1.29, 1.82) is 0 Å². The van der Waals surface area contributed by atoms with Crippen molar-refractivity contribution in [2.45, 2.75) is 13.5 Å². The number of aromatic nitrogens is 1. The molecule has 0 aliphatic carbocycles. The summed E-state index contributed by atoms with van der Waals surface area (Å²) in [6.45, 7) is 5.97. The van der Waals surface area contributed by atoms with Crippen molar-refractivity contribution in [1.82, 2.24) is 15.0 Å². The van der Waals surface area contributed by atoms with Gasteiger partial charge in [0, 0.05) is 38.8 Å². The van der Waals surface area contributed by atoms with Crippen molar-refractivity contribution in [2.24, 2.45) is 5.73 Å². The number of carbonyl (C=O) groups excluding carboxylic acids is 1. The topological polar surface area (TPSA) is 75.6 Å². The summed E-state index contributed by atoms with van der Waals surface area (Å²) in [5, 5.41) is 3.96. The monoisotopic (exact) mass is 238 g/mol. The Morgan fingerprint density at radius 2 is 2.18 bits per heavy atom. The third-order valence-corrected chi connectivity index (χ3v) is 2.96. The number of carbonyl (C=O) groups is 1. The van der Waals surface area contributed by atoms with E-state index < -0.39 is 0 Å². The smallest absolute Gasteiger partial charge is 0.236 e. The second kappa shape index (κ2) is 5.29. The van der Waals surface area contributed by atoms with Gasteiger partial charge >= 0.3 is 0 Å². The second-order valence-electron chi connectivity index (χ2n) is 4.29. The van der Waals surface area contributed by atoms with Crippen LogP contribution < -0.4 is 5.73 Å². The summed E-state index contributed by atoms with van der Waals surface area (Å²) < 4.78 is 5.03. The number of nitrogens with two attached hydrogens (primary N) is 1. The van der Waals surface area contributed by atoms with Gasteiger partial charge in [-0.1, -0.05) is 5.16 Å². The van der Waals surface area contributed by atoms with Gasteiger partial charge in [0.2, 0.25) is 5.91 Å². The van der Waals surface area contributed by atoms with Gasteiger partial charge in [0.05, 0.1) is 12.2 Å². The molecule has 0 aromatic carbocycles. The number of rotatable bonds is 3. The number of hydrogen-bond acceptors (Lipinski definition) is 5. The average molecular weight is 238 g/mol. The van der Waals surface area contributed by atoms with Crippen LogP contribution in [0.5, 0.6) is 0 Å². The molecule has 6 nitrogen and oxygen atoms in total. The summed E-state index contributed by atoms with van der Waals surface area (Å²) in [6, 6.07) is 1.94. The summed E-state index contributed by atoms with van der Waals surface area (Å²) >= 11 is 0. The van der Waals surface area contributed by atoms with Crippen LogP contribution in [-0.4, -0.2) is 53.6 Å². The summed E-state index contributed by atoms with van der Waals surface area (Å²) in [4.78, 5) is 15.5. The number of amides is 1. The van der Waals surface area contributed by atoms with Crippen molar-refractivity contribution < 1.29 is 9.32 Å². The molecule has 1 fully saturated rings. The second-order valence-corrected chi connectivity index (χ2v) is 4.29. The van der Waals surface area contributed by atoms with Crippen LogP contribution in [0.1, 0.15) is 11.5 Å². The Morgan fingerprint density at radius 1 is 1.47 bits per heavy atom. The van der Waals surface area contributed by atoms with Crippen molar-refractivity contribution in [3.8, 4) is 0 Å². The van der Waals surface area contributed by atoms with E-state index in [1.807, 2.05) is 17.9 Å². The fraction of sp³-hybridized carbons (Fsp3) is 0.636. The van der Waals surface area contributed by atoms with Gasteiger partial charge in [0.1, 0.15) is 5.76 Å². The molecule has 1 saturated heterocycles. The number of nitrogens with zero attached hydrogens (tertiary/aromatic N) is 3. The highest BCUT2D eigenvalue weighted by atomic mass is 16.5. The molecule has 0 radical (unpaired) electrons. The van der Waals surface area contributed by atoms with Crippen LogP contribution in [0.2, 0.25) is 0 Å². The van der Waals surface area contributed by atoms with Gasteiger partial charge in [0.25, 0.3) is 0 Å². The molecule has 94 valence electrons. The molecule has 6 heteroatoms. The molecule has 2 rings (SSSR count). The van der Waals surface area contributed by atoms with Crippen LogP contribution >= 0.6 is 0 Å². The summed E-state index contributed by atoms with van der Waals surface area (Å²) in [7, 11) is 0.